The minimum atomic E-state index is -2.11. The predicted octanol–water partition coefficient (Wildman–Crippen LogP) is 3.09. The van der Waals surface area contributed by atoms with Crippen LogP contribution in [0.2, 0.25) is 0 Å². The molecule has 1 atom stereocenters. The van der Waals surface area contributed by atoms with Gasteiger partial charge in [0.15, 0.2) is 0 Å². The topological polar surface area (TPSA) is 63.7 Å². The number of hydrogen-bond acceptors (Lipinski definition) is 4. The summed E-state index contributed by atoms with van der Waals surface area (Å²) in [6, 6.07) is 46.0. The van der Waals surface area contributed by atoms with Gasteiger partial charge in [0.1, 0.15) is 23.2 Å². The SMILES string of the molecule is COC(=O)CC(c1ccc(C[P+](c2ccccc2)(c2ccccc2)c2ccccc2)cc1)N1C(=O)c2ccccc2C1=O.[Br-]. The molecule has 5 aromatic rings. The van der Waals surface area contributed by atoms with Gasteiger partial charge in [-0.05, 0) is 59.7 Å². The molecule has 0 spiro atoms. The zero-order valence-electron chi connectivity index (χ0n) is 24.2. The highest BCUT2D eigenvalue weighted by atomic mass is 79.9. The number of carbonyl (C=O) groups is 3. The molecule has 0 saturated heterocycles. The van der Waals surface area contributed by atoms with Crippen molar-refractivity contribution in [2.24, 2.45) is 0 Å². The average molecular weight is 665 g/mol. The summed E-state index contributed by atoms with van der Waals surface area (Å²) in [5.41, 5.74) is 2.52. The number of methoxy groups -OCH3 is 1. The van der Waals surface area contributed by atoms with Crippen molar-refractivity contribution >= 4 is 41.0 Å². The van der Waals surface area contributed by atoms with Gasteiger partial charge in [0.2, 0.25) is 0 Å². The Hall–Kier alpha value is -4.38. The molecule has 5 nitrogen and oxygen atoms in total. The highest BCUT2D eigenvalue weighted by molar-refractivity contribution is 7.95. The Morgan fingerprint density at radius 2 is 1.05 bits per heavy atom. The van der Waals surface area contributed by atoms with Crippen LogP contribution in [0.25, 0.3) is 0 Å². The van der Waals surface area contributed by atoms with Crippen LogP contribution in [0.15, 0.2) is 140 Å². The van der Waals surface area contributed by atoms with Crippen molar-refractivity contribution in [3.05, 3.63) is 162 Å². The lowest BCUT2D eigenvalue weighted by Gasteiger charge is -2.28. The standard InChI is InChI=1S/C37H31NO4P.BrH/c1-42-35(39)25-34(38-36(40)32-19-11-12-20-33(32)37(38)41)28-23-21-27(22-24-28)26-43(29-13-5-2-6-14-29,30-15-7-3-8-16-30)31-17-9-4-10-18-31;/h2-24,34H,25-26H2,1H3;1H/q+1;/p-1. The molecule has 2 amide bonds. The smallest absolute Gasteiger partial charge is 0.307 e. The van der Waals surface area contributed by atoms with Gasteiger partial charge in [-0.3, -0.25) is 19.3 Å². The first-order chi connectivity index (χ1) is 21.0. The van der Waals surface area contributed by atoms with Crippen LogP contribution in [-0.4, -0.2) is 29.8 Å². The summed E-state index contributed by atoms with van der Waals surface area (Å²) in [6.45, 7) is 0. The monoisotopic (exact) mass is 663 g/mol. The maximum absolute atomic E-state index is 13.4. The van der Waals surface area contributed by atoms with Crippen LogP contribution in [0.1, 0.15) is 44.3 Å². The van der Waals surface area contributed by atoms with E-state index in [-0.39, 0.29) is 23.4 Å². The van der Waals surface area contributed by atoms with Gasteiger partial charge in [0.25, 0.3) is 11.8 Å². The van der Waals surface area contributed by atoms with Gasteiger partial charge in [-0.15, -0.1) is 0 Å². The molecular weight excluding hydrogens is 633 g/mol. The molecule has 0 bridgehead atoms. The first kappa shape index (κ1) is 31.1. The van der Waals surface area contributed by atoms with Crippen LogP contribution in [-0.2, 0) is 15.7 Å². The van der Waals surface area contributed by atoms with Crippen LogP contribution in [0.3, 0.4) is 0 Å². The third kappa shape index (κ3) is 5.76. The highest BCUT2D eigenvalue weighted by Crippen LogP contribution is 2.58. The second-order valence-corrected chi connectivity index (χ2v) is 14.0. The molecule has 6 rings (SSSR count). The fourth-order valence-electron chi connectivity index (χ4n) is 5.98. The van der Waals surface area contributed by atoms with Gasteiger partial charge in [0, 0.05) is 0 Å². The number of ether oxygens (including phenoxy) is 1. The molecule has 1 unspecified atom stereocenters. The number of carbonyl (C=O) groups excluding carboxylic acids is 3. The number of halogens is 1. The number of nitrogens with zero attached hydrogens (tertiary/aromatic N) is 1. The Labute approximate surface area is 268 Å². The number of hydrogen-bond donors (Lipinski definition) is 0. The fourth-order valence-corrected chi connectivity index (χ4v) is 10.2. The normalized spacial score (nSPS) is 13.2. The largest absolute Gasteiger partial charge is 1.00 e. The van der Waals surface area contributed by atoms with E-state index < -0.39 is 31.1 Å². The molecule has 1 heterocycles. The third-order valence-corrected chi connectivity index (χ3v) is 12.5. The summed E-state index contributed by atoms with van der Waals surface area (Å²) >= 11 is 0. The zero-order chi connectivity index (χ0) is 29.8. The zero-order valence-corrected chi connectivity index (χ0v) is 26.7. The molecule has 5 aromatic carbocycles. The summed E-state index contributed by atoms with van der Waals surface area (Å²) in [7, 11) is -0.804. The Morgan fingerprint density at radius 3 is 1.45 bits per heavy atom. The van der Waals surface area contributed by atoms with E-state index in [1.54, 1.807) is 24.3 Å². The molecule has 0 aliphatic carbocycles. The lowest BCUT2D eigenvalue weighted by molar-refractivity contribution is -0.141. The number of imide groups is 1. The maximum atomic E-state index is 13.4. The van der Waals surface area contributed by atoms with E-state index in [9.17, 15) is 14.4 Å². The van der Waals surface area contributed by atoms with E-state index in [4.69, 9.17) is 4.74 Å². The molecule has 1 aliphatic heterocycles. The number of rotatable bonds is 9. The maximum Gasteiger partial charge on any atom is 0.307 e. The highest BCUT2D eigenvalue weighted by Gasteiger charge is 2.46. The van der Waals surface area contributed by atoms with E-state index >= 15 is 0 Å². The van der Waals surface area contributed by atoms with Crippen LogP contribution in [0.5, 0.6) is 0 Å². The van der Waals surface area contributed by atoms with Crippen molar-refractivity contribution in [1.82, 2.24) is 4.90 Å². The molecule has 0 saturated carbocycles. The molecule has 0 aromatic heterocycles. The summed E-state index contributed by atoms with van der Waals surface area (Å²) in [6.07, 6.45) is 0.649. The molecule has 44 heavy (non-hydrogen) atoms. The van der Waals surface area contributed by atoms with Crippen LogP contribution < -0.4 is 32.9 Å². The van der Waals surface area contributed by atoms with Gasteiger partial charge in [-0.25, -0.2) is 0 Å². The van der Waals surface area contributed by atoms with E-state index in [2.05, 4.69) is 84.9 Å². The van der Waals surface area contributed by atoms with Crippen molar-refractivity contribution in [2.75, 3.05) is 7.11 Å². The van der Waals surface area contributed by atoms with E-state index in [0.29, 0.717) is 16.7 Å². The number of amides is 2. The van der Waals surface area contributed by atoms with E-state index in [1.807, 2.05) is 30.3 Å². The number of esters is 1. The number of fused-ring (bicyclic) bond motifs is 1. The van der Waals surface area contributed by atoms with Gasteiger partial charge >= 0.3 is 5.97 Å². The Balaban J connectivity index is 0.00000384. The molecular formula is C37H31BrNO4P. The molecule has 220 valence electrons. The van der Waals surface area contributed by atoms with Crippen LogP contribution in [0, 0.1) is 0 Å². The van der Waals surface area contributed by atoms with Gasteiger partial charge in [-0.2, -0.15) is 0 Å². The Morgan fingerprint density at radius 1 is 0.636 bits per heavy atom. The van der Waals surface area contributed by atoms with Crippen LogP contribution in [0.4, 0.5) is 0 Å². The third-order valence-electron chi connectivity index (χ3n) is 8.10. The summed E-state index contributed by atoms with van der Waals surface area (Å²) < 4.78 is 4.96. The van der Waals surface area contributed by atoms with Crippen molar-refractivity contribution in [1.29, 1.82) is 0 Å². The van der Waals surface area contributed by atoms with Gasteiger partial charge in [-0.1, -0.05) is 91.0 Å². The average Bonchev–Trinajstić information content (AvgIpc) is 3.33. The molecule has 1 aliphatic rings. The van der Waals surface area contributed by atoms with Gasteiger partial charge < -0.3 is 21.7 Å². The Kier molecular flexibility index (Phi) is 9.53. The molecule has 0 radical (unpaired) electrons. The summed E-state index contributed by atoms with van der Waals surface area (Å²) in [4.78, 5) is 40.4. The second-order valence-electron chi connectivity index (χ2n) is 10.5. The first-order valence-electron chi connectivity index (χ1n) is 14.2. The predicted molar refractivity (Wildman–Crippen MR) is 172 cm³/mol. The lowest BCUT2D eigenvalue weighted by atomic mass is 10.0. The van der Waals surface area contributed by atoms with Crippen LogP contribution >= 0.6 is 7.26 Å². The van der Waals surface area contributed by atoms with E-state index in [0.717, 1.165) is 11.7 Å². The van der Waals surface area contributed by atoms with Crippen molar-refractivity contribution in [3.63, 3.8) is 0 Å². The molecule has 0 fully saturated rings. The molecule has 0 N–H and O–H groups in total. The summed E-state index contributed by atoms with van der Waals surface area (Å²) in [5.74, 6) is -1.30. The summed E-state index contributed by atoms with van der Waals surface area (Å²) in [5, 5.41) is 3.85. The van der Waals surface area contributed by atoms with Crippen molar-refractivity contribution in [3.8, 4) is 0 Å². The second kappa shape index (κ2) is 13.5. The molecule has 7 heteroatoms. The minimum Gasteiger partial charge on any atom is -1.00 e. The Bertz CT molecular complexity index is 1630. The van der Waals surface area contributed by atoms with Gasteiger partial charge in [0.05, 0.1) is 36.9 Å². The fraction of sp³-hybridized carbons (Fsp3) is 0.108. The lowest BCUT2D eigenvalue weighted by Crippen LogP contribution is -3.00. The first-order valence-corrected chi connectivity index (χ1v) is 16.2. The quantitative estimate of drug-likeness (QED) is 0.138. The van der Waals surface area contributed by atoms with E-state index in [1.165, 1.54) is 27.9 Å². The number of benzene rings is 5. The minimum absolute atomic E-state index is 0. The van der Waals surface area contributed by atoms with Crippen molar-refractivity contribution in [2.45, 2.75) is 18.6 Å². The van der Waals surface area contributed by atoms with Crippen molar-refractivity contribution < 1.29 is 36.1 Å².